The average Bonchev–Trinajstić information content (AvgIpc) is 3.73. The topological polar surface area (TPSA) is 217 Å². The highest BCUT2D eigenvalue weighted by molar-refractivity contribution is 6.26. The lowest BCUT2D eigenvalue weighted by atomic mass is 10.0. The van der Waals surface area contributed by atoms with Crippen molar-refractivity contribution in [1.29, 1.82) is 0 Å². The van der Waals surface area contributed by atoms with Crippen LogP contribution in [-0.2, 0) is 30.4 Å². The molecule has 76 heavy (non-hydrogen) atoms. The number of nitrogens with one attached hydrogen (secondary N) is 4. The lowest BCUT2D eigenvalue weighted by Crippen LogP contribution is -2.54. The van der Waals surface area contributed by atoms with Crippen molar-refractivity contribution in [2.45, 2.75) is 103 Å². The zero-order valence-corrected chi connectivity index (χ0v) is 43.5. The molecule has 18 heteroatoms. The monoisotopic (exact) mass is 1030 g/mol. The summed E-state index contributed by atoms with van der Waals surface area (Å²) in [5, 5.41) is 11.3. The number of rotatable bonds is 28. The first-order valence-electron chi connectivity index (χ1n) is 26.9. The van der Waals surface area contributed by atoms with E-state index in [0.29, 0.717) is 36.8 Å². The molecule has 0 spiro atoms. The van der Waals surface area contributed by atoms with Crippen molar-refractivity contribution in [1.82, 2.24) is 35.0 Å². The van der Waals surface area contributed by atoms with Crippen molar-refractivity contribution in [2.24, 2.45) is 0 Å². The smallest absolute Gasteiger partial charge is 0.264 e. The molecule has 4 N–H and O–H groups in total. The molecule has 3 aliphatic heterocycles. The first-order valence-corrected chi connectivity index (χ1v) is 26.9. The quantitative estimate of drug-likeness (QED) is 0.0274. The largest absolute Gasteiger partial charge is 0.381 e. The second-order valence-corrected chi connectivity index (χ2v) is 19.7. The fourth-order valence-corrected chi connectivity index (χ4v) is 9.62. The molecular formula is C58H70N10O8. The maximum atomic E-state index is 13.3. The molecule has 5 aromatic rings. The lowest BCUT2D eigenvalue weighted by molar-refractivity contribution is -0.136. The third kappa shape index (κ3) is 15.7. The fraction of sp³-hybridized carbons (Fsp3) is 0.431. The van der Waals surface area contributed by atoms with Crippen molar-refractivity contribution < 1.29 is 38.2 Å². The zero-order valence-electron chi connectivity index (χ0n) is 43.5. The summed E-state index contributed by atoms with van der Waals surface area (Å²) in [7, 11) is 0. The minimum absolute atomic E-state index is 0.0359. The van der Waals surface area contributed by atoms with E-state index >= 15 is 0 Å². The number of amides is 6. The number of pyridine rings is 1. The van der Waals surface area contributed by atoms with Gasteiger partial charge in [0.15, 0.2) is 0 Å². The second-order valence-electron chi connectivity index (χ2n) is 19.7. The number of ether oxygens (including phenoxy) is 2. The first kappa shape index (κ1) is 55.0. The number of carbonyl (C=O) groups excluding carboxylic acids is 6. The molecule has 0 saturated carbocycles. The number of aromatic nitrogens is 3. The molecule has 3 aromatic carbocycles. The predicted molar refractivity (Wildman–Crippen MR) is 290 cm³/mol. The molecule has 5 heterocycles. The van der Waals surface area contributed by atoms with Crippen molar-refractivity contribution in [3.8, 4) is 11.3 Å². The maximum Gasteiger partial charge on any atom is 0.264 e. The summed E-state index contributed by atoms with van der Waals surface area (Å²) in [5.41, 5.74) is 6.38. The van der Waals surface area contributed by atoms with Crippen molar-refractivity contribution >= 4 is 58.5 Å². The molecule has 0 radical (unpaired) electrons. The highest BCUT2D eigenvalue weighted by atomic mass is 16.5. The average molecular weight is 1040 g/mol. The summed E-state index contributed by atoms with van der Waals surface area (Å²) < 4.78 is 11.7. The fourth-order valence-electron chi connectivity index (χ4n) is 9.62. The molecular weight excluding hydrogens is 965 g/mol. The molecule has 3 aliphatic rings. The van der Waals surface area contributed by atoms with Gasteiger partial charge in [-0.1, -0.05) is 43.5 Å². The molecule has 2 saturated heterocycles. The van der Waals surface area contributed by atoms with Crippen molar-refractivity contribution in [2.75, 3.05) is 75.1 Å². The number of unbranched alkanes of at least 4 members (excludes halogenated alkanes) is 7. The van der Waals surface area contributed by atoms with Gasteiger partial charge in [-0.3, -0.25) is 48.9 Å². The number of benzene rings is 3. The van der Waals surface area contributed by atoms with Crippen LogP contribution >= 0.6 is 0 Å². The lowest BCUT2D eigenvalue weighted by Gasteiger charge is -2.34. The maximum absolute atomic E-state index is 13.3. The van der Waals surface area contributed by atoms with E-state index in [2.05, 4.69) is 58.2 Å². The normalized spacial score (nSPS) is 15.9. The third-order valence-corrected chi connectivity index (χ3v) is 14.0. The molecule has 1 unspecified atom stereocenters. The highest BCUT2D eigenvalue weighted by Crippen LogP contribution is 2.33. The molecule has 8 rings (SSSR count). The number of piperazine rings is 1. The van der Waals surface area contributed by atoms with E-state index in [4.69, 9.17) is 9.47 Å². The van der Waals surface area contributed by atoms with Crippen LogP contribution in [0.5, 0.6) is 0 Å². The Labute approximate surface area is 444 Å². The first-order chi connectivity index (χ1) is 37.1. The highest BCUT2D eigenvalue weighted by Gasteiger charge is 2.45. The van der Waals surface area contributed by atoms with E-state index in [1.807, 2.05) is 55.5 Å². The van der Waals surface area contributed by atoms with Gasteiger partial charge in [0.1, 0.15) is 6.04 Å². The summed E-state index contributed by atoms with van der Waals surface area (Å²) in [6, 6.07) is 22.9. The van der Waals surface area contributed by atoms with E-state index in [0.717, 1.165) is 118 Å². The van der Waals surface area contributed by atoms with Crippen LogP contribution in [0.25, 0.3) is 11.3 Å². The number of nitrogens with zero attached hydrogens (tertiary/aromatic N) is 6. The molecule has 0 aliphatic carbocycles. The van der Waals surface area contributed by atoms with E-state index in [9.17, 15) is 28.8 Å². The number of carbonyl (C=O) groups is 6. The minimum Gasteiger partial charge on any atom is -0.381 e. The van der Waals surface area contributed by atoms with Crippen LogP contribution in [-0.4, -0.2) is 130 Å². The van der Waals surface area contributed by atoms with Gasteiger partial charge in [-0.15, -0.1) is 0 Å². The van der Waals surface area contributed by atoms with Crippen LogP contribution in [0.2, 0.25) is 0 Å². The van der Waals surface area contributed by atoms with Crippen LogP contribution in [0.1, 0.15) is 126 Å². The van der Waals surface area contributed by atoms with Gasteiger partial charge in [-0.05, 0) is 131 Å². The number of piperidine rings is 1. The SMILES string of the molecule is Cc1ccc(NC(=O)c2ccc(CN3CCN(CCCCCCOCCCCCOCCCCCC(=O)Nc4cccc5c4C(=O)N(C4CCC(=O)NC4=O)C5=O)CC3)cc2)cc1Nc1nccc(-c2cccnc2)n1. The minimum atomic E-state index is -1.07. The Morgan fingerprint density at radius 1 is 0.711 bits per heavy atom. The van der Waals surface area contributed by atoms with Crippen LogP contribution in [0.3, 0.4) is 0 Å². The number of hydrogen-bond donors (Lipinski definition) is 4. The third-order valence-electron chi connectivity index (χ3n) is 14.0. The number of aryl methyl sites for hydroxylation is 1. The van der Waals surface area contributed by atoms with Gasteiger partial charge in [0, 0.05) is 113 Å². The molecule has 2 fully saturated rings. The Balaban J connectivity index is 0.594. The number of fused-ring (bicyclic) bond motifs is 1. The van der Waals surface area contributed by atoms with Gasteiger partial charge in [-0.25, -0.2) is 9.97 Å². The van der Waals surface area contributed by atoms with Crippen molar-refractivity contribution in [3.05, 3.63) is 125 Å². The molecule has 400 valence electrons. The van der Waals surface area contributed by atoms with Gasteiger partial charge in [0.25, 0.3) is 17.7 Å². The number of anilines is 4. The van der Waals surface area contributed by atoms with Gasteiger partial charge in [-0.2, -0.15) is 0 Å². The van der Waals surface area contributed by atoms with Gasteiger partial charge < -0.3 is 30.3 Å². The molecule has 6 amide bonds. The summed E-state index contributed by atoms with van der Waals surface area (Å²) in [6.07, 6.45) is 15.6. The predicted octanol–water partition coefficient (Wildman–Crippen LogP) is 8.32. The van der Waals surface area contributed by atoms with Crippen LogP contribution < -0.4 is 21.3 Å². The summed E-state index contributed by atoms with van der Waals surface area (Å²) in [5.74, 6) is -2.35. The summed E-state index contributed by atoms with van der Waals surface area (Å²) in [6.45, 7) is 11.1. The second kappa shape index (κ2) is 28.0. The van der Waals surface area contributed by atoms with Gasteiger partial charge in [0.2, 0.25) is 23.7 Å². The van der Waals surface area contributed by atoms with E-state index in [1.54, 1.807) is 30.7 Å². The van der Waals surface area contributed by atoms with Gasteiger partial charge in [0.05, 0.1) is 22.5 Å². The molecule has 2 aromatic heterocycles. The molecule has 18 nitrogen and oxygen atoms in total. The van der Waals surface area contributed by atoms with Crippen LogP contribution in [0.4, 0.5) is 23.0 Å². The number of imide groups is 2. The Kier molecular flexibility index (Phi) is 20.3. The Morgan fingerprint density at radius 3 is 2.14 bits per heavy atom. The Hall–Kier alpha value is -7.25. The van der Waals surface area contributed by atoms with E-state index in [1.165, 1.54) is 30.9 Å². The van der Waals surface area contributed by atoms with E-state index < -0.39 is 29.7 Å². The number of hydrogen-bond acceptors (Lipinski definition) is 14. The summed E-state index contributed by atoms with van der Waals surface area (Å²) in [4.78, 5) is 95.5. The van der Waals surface area contributed by atoms with E-state index in [-0.39, 0.29) is 47.9 Å². The summed E-state index contributed by atoms with van der Waals surface area (Å²) >= 11 is 0. The molecule has 1 atom stereocenters. The van der Waals surface area contributed by atoms with Crippen LogP contribution in [0, 0.1) is 6.92 Å². The van der Waals surface area contributed by atoms with Gasteiger partial charge >= 0.3 is 0 Å². The standard InChI is InChI=1S/C58H70N10O8/c1-41-18-23-45(38-49(41)64-58-60-28-26-47(63-58)44-14-13-27-59-39-44)61-54(71)43-21-19-42(20-22-43)40-67-32-30-66(31-33-67)29-7-2-3-8-34-75-36-10-5-11-37-76-35-9-4-6-17-51(69)62-48-16-12-15-46-53(48)57(74)68(56(46)73)50-24-25-52(70)65-55(50)72/h12-16,18-23,26-28,38-39,50H,2-11,17,24-25,29-37,40H2,1H3,(H,61,71)(H,62,69)(H,60,63,64)(H,65,70,72). The van der Waals surface area contributed by atoms with Crippen molar-refractivity contribution in [3.63, 3.8) is 0 Å². The Bertz CT molecular complexity index is 2790. The Morgan fingerprint density at radius 2 is 1.42 bits per heavy atom. The zero-order chi connectivity index (χ0) is 53.1. The van der Waals surface area contributed by atoms with Crippen LogP contribution in [0.15, 0.2) is 97.5 Å². The molecule has 0 bridgehead atoms.